The molecule has 1 saturated heterocycles. The van der Waals surface area contributed by atoms with Gasteiger partial charge in [0.25, 0.3) is 0 Å². The van der Waals surface area contributed by atoms with Crippen LogP contribution in [-0.2, 0) is 10.0 Å². The van der Waals surface area contributed by atoms with Crippen LogP contribution in [0, 0.1) is 11.8 Å². The number of nitrogens with one attached hydrogen (secondary N) is 1. The molecule has 5 heteroatoms. The largest absolute Gasteiger partial charge is 0.317 e. The number of sulfonamides is 1. The number of rotatable bonds is 7. The van der Waals surface area contributed by atoms with Crippen LogP contribution >= 0.6 is 0 Å². The molecule has 4 nitrogen and oxygen atoms in total. The minimum atomic E-state index is -3.03. The predicted octanol–water partition coefficient (Wildman–Crippen LogP) is 1.68. The highest BCUT2D eigenvalue weighted by Gasteiger charge is 2.29. The lowest BCUT2D eigenvalue weighted by atomic mass is 9.90. The summed E-state index contributed by atoms with van der Waals surface area (Å²) in [4.78, 5) is 0. The van der Waals surface area contributed by atoms with E-state index >= 15 is 0 Å². The van der Waals surface area contributed by atoms with Crippen molar-refractivity contribution < 1.29 is 8.42 Å². The number of nitrogens with zero attached hydrogens (tertiary/aromatic N) is 1. The van der Waals surface area contributed by atoms with Gasteiger partial charge in [-0.25, -0.2) is 12.7 Å². The zero-order valence-electron chi connectivity index (χ0n) is 12.0. The molecular weight excluding hydrogens is 248 g/mol. The number of piperidine rings is 1. The lowest BCUT2D eigenvalue weighted by molar-refractivity contribution is 0.212. The summed E-state index contributed by atoms with van der Waals surface area (Å²) in [6.07, 6.45) is 2.80. The highest BCUT2D eigenvalue weighted by Crippen LogP contribution is 2.24. The van der Waals surface area contributed by atoms with Crippen LogP contribution in [0.2, 0.25) is 0 Å². The topological polar surface area (TPSA) is 49.4 Å². The molecule has 1 rings (SSSR count). The summed E-state index contributed by atoms with van der Waals surface area (Å²) < 4.78 is 26.0. The summed E-state index contributed by atoms with van der Waals surface area (Å²) in [7, 11) is -3.03. The summed E-state index contributed by atoms with van der Waals surface area (Å²) in [6, 6.07) is 0. The summed E-state index contributed by atoms with van der Waals surface area (Å²) in [5, 5.41) is 3.24. The van der Waals surface area contributed by atoms with E-state index in [1.807, 2.05) is 0 Å². The zero-order valence-corrected chi connectivity index (χ0v) is 12.8. The molecule has 1 N–H and O–H groups in total. The van der Waals surface area contributed by atoms with Gasteiger partial charge >= 0.3 is 0 Å². The SMILES string of the molecule is CCCNCCCS(=O)(=O)N1CCC(C)C(C)C1. The van der Waals surface area contributed by atoms with Crippen molar-refractivity contribution in [3.05, 3.63) is 0 Å². The Morgan fingerprint density at radius 2 is 1.94 bits per heavy atom. The first-order chi connectivity index (χ1) is 8.47. The maximum absolute atomic E-state index is 12.2. The lowest BCUT2D eigenvalue weighted by Gasteiger charge is -2.34. The molecule has 18 heavy (non-hydrogen) atoms. The van der Waals surface area contributed by atoms with E-state index < -0.39 is 10.0 Å². The van der Waals surface area contributed by atoms with Crippen molar-refractivity contribution in [2.24, 2.45) is 11.8 Å². The van der Waals surface area contributed by atoms with Gasteiger partial charge in [0.05, 0.1) is 5.75 Å². The van der Waals surface area contributed by atoms with E-state index in [0.717, 1.165) is 25.9 Å². The third-order valence-electron chi connectivity index (χ3n) is 3.87. The van der Waals surface area contributed by atoms with Crippen molar-refractivity contribution >= 4 is 10.0 Å². The fourth-order valence-electron chi connectivity index (χ4n) is 2.29. The Balaban J connectivity index is 2.34. The average molecular weight is 276 g/mol. The van der Waals surface area contributed by atoms with Crippen LogP contribution < -0.4 is 5.32 Å². The van der Waals surface area contributed by atoms with Crippen LogP contribution in [0.15, 0.2) is 0 Å². The molecule has 1 fully saturated rings. The van der Waals surface area contributed by atoms with Gasteiger partial charge in [-0.05, 0) is 44.2 Å². The van der Waals surface area contributed by atoms with Crippen molar-refractivity contribution in [2.45, 2.75) is 40.0 Å². The van der Waals surface area contributed by atoms with E-state index in [1.165, 1.54) is 0 Å². The highest BCUT2D eigenvalue weighted by molar-refractivity contribution is 7.89. The fraction of sp³-hybridized carbons (Fsp3) is 1.00. The predicted molar refractivity (Wildman–Crippen MR) is 76.1 cm³/mol. The molecule has 0 bridgehead atoms. The molecule has 0 aromatic rings. The number of hydrogen-bond acceptors (Lipinski definition) is 3. The molecule has 0 aliphatic carbocycles. The van der Waals surface area contributed by atoms with Gasteiger partial charge in [0, 0.05) is 13.1 Å². The van der Waals surface area contributed by atoms with Gasteiger partial charge in [-0.15, -0.1) is 0 Å². The maximum atomic E-state index is 12.2. The number of hydrogen-bond donors (Lipinski definition) is 1. The van der Waals surface area contributed by atoms with E-state index in [4.69, 9.17) is 0 Å². The lowest BCUT2D eigenvalue weighted by Crippen LogP contribution is -2.43. The molecule has 2 atom stereocenters. The quantitative estimate of drug-likeness (QED) is 0.720. The first-order valence-electron chi connectivity index (χ1n) is 7.16. The van der Waals surface area contributed by atoms with Gasteiger partial charge in [-0.2, -0.15) is 0 Å². The van der Waals surface area contributed by atoms with Gasteiger partial charge in [-0.1, -0.05) is 20.8 Å². The minimum Gasteiger partial charge on any atom is -0.317 e. The smallest absolute Gasteiger partial charge is 0.214 e. The summed E-state index contributed by atoms with van der Waals surface area (Å²) in [5.74, 6) is 1.40. The van der Waals surface area contributed by atoms with Crippen molar-refractivity contribution in [1.82, 2.24) is 9.62 Å². The Morgan fingerprint density at radius 1 is 1.22 bits per heavy atom. The van der Waals surface area contributed by atoms with Gasteiger partial charge in [0.2, 0.25) is 10.0 Å². The second-order valence-corrected chi connectivity index (χ2v) is 7.61. The van der Waals surface area contributed by atoms with E-state index in [0.29, 0.717) is 31.3 Å². The summed E-state index contributed by atoms with van der Waals surface area (Å²) >= 11 is 0. The molecule has 0 aromatic carbocycles. The Bertz CT molecular complexity index is 330. The van der Waals surface area contributed by atoms with Crippen LogP contribution in [0.3, 0.4) is 0 Å². The van der Waals surface area contributed by atoms with E-state index in [1.54, 1.807) is 4.31 Å². The van der Waals surface area contributed by atoms with Gasteiger partial charge in [0.15, 0.2) is 0 Å². The standard InChI is InChI=1S/C13H28N2O2S/c1-4-7-14-8-5-10-18(16,17)15-9-6-12(2)13(3)11-15/h12-14H,4-11H2,1-3H3. The Hall–Kier alpha value is -0.130. The molecule has 0 amide bonds. The monoisotopic (exact) mass is 276 g/mol. The van der Waals surface area contributed by atoms with E-state index in [2.05, 4.69) is 26.1 Å². The van der Waals surface area contributed by atoms with Crippen LogP contribution in [0.5, 0.6) is 0 Å². The first kappa shape index (κ1) is 15.9. The third-order valence-corrected chi connectivity index (χ3v) is 5.80. The zero-order chi connectivity index (χ0) is 13.6. The van der Waals surface area contributed by atoms with Crippen molar-refractivity contribution in [2.75, 3.05) is 31.9 Å². The average Bonchev–Trinajstić information content (AvgIpc) is 2.32. The van der Waals surface area contributed by atoms with Gasteiger partial charge < -0.3 is 5.32 Å². The maximum Gasteiger partial charge on any atom is 0.214 e. The molecule has 0 saturated carbocycles. The Morgan fingerprint density at radius 3 is 2.56 bits per heavy atom. The van der Waals surface area contributed by atoms with Crippen molar-refractivity contribution in [3.8, 4) is 0 Å². The van der Waals surface area contributed by atoms with Crippen molar-refractivity contribution in [3.63, 3.8) is 0 Å². The molecule has 0 radical (unpaired) electrons. The van der Waals surface area contributed by atoms with E-state index in [-0.39, 0.29) is 5.75 Å². The summed E-state index contributed by atoms with van der Waals surface area (Å²) in [5.41, 5.74) is 0. The van der Waals surface area contributed by atoms with Gasteiger partial charge in [-0.3, -0.25) is 0 Å². The second kappa shape index (κ2) is 7.46. The van der Waals surface area contributed by atoms with Crippen LogP contribution in [0.4, 0.5) is 0 Å². The fourth-order valence-corrected chi connectivity index (χ4v) is 3.90. The Labute approximate surface area is 112 Å². The molecule has 1 aliphatic heterocycles. The normalized spacial score (nSPS) is 26.4. The van der Waals surface area contributed by atoms with Gasteiger partial charge in [0.1, 0.15) is 0 Å². The Kier molecular flexibility index (Phi) is 6.60. The molecule has 0 aromatic heterocycles. The molecule has 2 unspecified atom stereocenters. The first-order valence-corrected chi connectivity index (χ1v) is 8.76. The molecule has 108 valence electrons. The molecule has 1 heterocycles. The van der Waals surface area contributed by atoms with Crippen LogP contribution in [-0.4, -0.2) is 44.7 Å². The second-order valence-electron chi connectivity index (χ2n) is 5.52. The third kappa shape index (κ3) is 4.86. The molecular formula is C13H28N2O2S. The molecule has 1 aliphatic rings. The van der Waals surface area contributed by atoms with Crippen LogP contribution in [0.25, 0.3) is 0 Å². The van der Waals surface area contributed by atoms with Crippen LogP contribution in [0.1, 0.15) is 40.0 Å². The highest BCUT2D eigenvalue weighted by atomic mass is 32.2. The molecule has 0 spiro atoms. The van der Waals surface area contributed by atoms with Crippen molar-refractivity contribution in [1.29, 1.82) is 0 Å². The minimum absolute atomic E-state index is 0.283. The summed E-state index contributed by atoms with van der Waals surface area (Å²) in [6.45, 7) is 9.64. The van der Waals surface area contributed by atoms with E-state index in [9.17, 15) is 8.42 Å².